The van der Waals surface area contributed by atoms with E-state index in [1.807, 2.05) is 12.1 Å². The second-order valence-electron chi connectivity index (χ2n) is 5.30. The highest BCUT2D eigenvalue weighted by Gasteiger charge is 2.21. The molecule has 0 N–H and O–H groups in total. The molecule has 3 rings (SSSR count). The van der Waals surface area contributed by atoms with Crippen molar-refractivity contribution in [1.82, 2.24) is 15.0 Å². The van der Waals surface area contributed by atoms with Gasteiger partial charge in [-0.1, -0.05) is 16.8 Å². The predicted octanol–water partition coefficient (Wildman–Crippen LogP) is 2.80. The summed E-state index contributed by atoms with van der Waals surface area (Å²) in [5.41, 5.74) is 0.850. The molecule has 0 bridgehead atoms. The van der Waals surface area contributed by atoms with Crippen LogP contribution in [0, 0.1) is 5.92 Å². The van der Waals surface area contributed by atoms with Crippen LogP contribution in [0.4, 0.5) is 0 Å². The van der Waals surface area contributed by atoms with Crippen molar-refractivity contribution in [2.24, 2.45) is 5.92 Å². The van der Waals surface area contributed by atoms with Gasteiger partial charge < -0.3 is 9.32 Å². The average Bonchev–Trinajstić information content (AvgIpc) is 2.96. The van der Waals surface area contributed by atoms with E-state index in [-0.39, 0.29) is 5.92 Å². The van der Waals surface area contributed by atoms with E-state index in [1.165, 1.54) is 0 Å². The quantitative estimate of drug-likeness (QED) is 0.813. The Morgan fingerprint density at radius 1 is 1.38 bits per heavy atom. The number of aldehydes is 1. The molecule has 0 amide bonds. The molecule has 1 aromatic heterocycles. The summed E-state index contributed by atoms with van der Waals surface area (Å²) in [6.07, 6.45) is 3.05. The highest BCUT2D eigenvalue weighted by molar-refractivity contribution is 6.30. The van der Waals surface area contributed by atoms with Gasteiger partial charge in [-0.25, -0.2) is 0 Å². The van der Waals surface area contributed by atoms with Crippen molar-refractivity contribution in [3.8, 4) is 11.5 Å². The van der Waals surface area contributed by atoms with Gasteiger partial charge in [0.25, 0.3) is 5.89 Å². The smallest absolute Gasteiger partial charge is 0.257 e. The molecule has 0 saturated carbocycles. The van der Waals surface area contributed by atoms with Crippen LogP contribution in [0.2, 0.25) is 5.02 Å². The highest BCUT2D eigenvalue weighted by atomic mass is 35.5. The molecule has 1 aromatic carbocycles. The number of likely N-dealkylation sites (tertiary alicyclic amines) is 1. The standard InChI is InChI=1S/C15H16ClN3O2/c16-13-5-3-12(4-6-13)15-17-14(18-21-15)9-19-7-1-2-11(8-19)10-20/h3-6,10-11H,1-2,7-9H2. The van der Waals surface area contributed by atoms with Crippen molar-refractivity contribution in [2.45, 2.75) is 19.4 Å². The Labute approximate surface area is 127 Å². The fraction of sp³-hybridized carbons (Fsp3) is 0.400. The number of benzene rings is 1. The van der Waals surface area contributed by atoms with Crippen molar-refractivity contribution in [2.75, 3.05) is 13.1 Å². The third-order valence-electron chi connectivity index (χ3n) is 3.66. The molecule has 110 valence electrons. The minimum atomic E-state index is 0.126. The fourth-order valence-corrected chi connectivity index (χ4v) is 2.70. The molecule has 6 heteroatoms. The fourth-order valence-electron chi connectivity index (χ4n) is 2.57. The summed E-state index contributed by atoms with van der Waals surface area (Å²) in [6, 6.07) is 7.28. The van der Waals surface area contributed by atoms with E-state index in [2.05, 4.69) is 15.0 Å². The number of halogens is 1. The normalized spacial score (nSPS) is 19.6. The van der Waals surface area contributed by atoms with Crippen LogP contribution in [0.5, 0.6) is 0 Å². The maximum Gasteiger partial charge on any atom is 0.257 e. The number of piperidine rings is 1. The lowest BCUT2D eigenvalue weighted by Crippen LogP contribution is -2.35. The van der Waals surface area contributed by atoms with E-state index in [9.17, 15) is 4.79 Å². The maximum absolute atomic E-state index is 10.9. The number of hydrogen-bond donors (Lipinski definition) is 0. The van der Waals surface area contributed by atoms with Crippen molar-refractivity contribution < 1.29 is 9.32 Å². The van der Waals surface area contributed by atoms with Crippen molar-refractivity contribution in [1.29, 1.82) is 0 Å². The van der Waals surface area contributed by atoms with Crippen LogP contribution in [-0.2, 0) is 11.3 Å². The first-order valence-electron chi connectivity index (χ1n) is 7.01. The van der Waals surface area contributed by atoms with Crippen LogP contribution in [0.1, 0.15) is 18.7 Å². The van der Waals surface area contributed by atoms with Crippen LogP contribution >= 0.6 is 11.6 Å². The van der Waals surface area contributed by atoms with E-state index in [1.54, 1.807) is 12.1 Å². The minimum Gasteiger partial charge on any atom is -0.334 e. The number of carbonyl (C=O) groups is 1. The second-order valence-corrected chi connectivity index (χ2v) is 5.73. The molecule has 0 aliphatic carbocycles. The first kappa shape index (κ1) is 14.2. The monoisotopic (exact) mass is 305 g/mol. The van der Waals surface area contributed by atoms with Gasteiger partial charge in [0.05, 0.1) is 6.54 Å². The maximum atomic E-state index is 10.9. The minimum absolute atomic E-state index is 0.126. The molecule has 21 heavy (non-hydrogen) atoms. The van der Waals surface area contributed by atoms with Gasteiger partial charge in [0.15, 0.2) is 5.82 Å². The van der Waals surface area contributed by atoms with E-state index in [0.717, 1.165) is 37.8 Å². The molecule has 1 unspecified atom stereocenters. The summed E-state index contributed by atoms with van der Waals surface area (Å²) in [6.45, 7) is 2.35. The Bertz CT molecular complexity index is 612. The van der Waals surface area contributed by atoms with Crippen LogP contribution in [-0.4, -0.2) is 34.4 Å². The molecule has 5 nitrogen and oxygen atoms in total. The Balaban J connectivity index is 1.67. The summed E-state index contributed by atoms with van der Waals surface area (Å²) < 4.78 is 5.28. The molecule has 1 atom stereocenters. The number of aromatic nitrogens is 2. The van der Waals surface area contributed by atoms with E-state index < -0.39 is 0 Å². The lowest BCUT2D eigenvalue weighted by atomic mass is 10.00. The highest BCUT2D eigenvalue weighted by Crippen LogP contribution is 2.21. The van der Waals surface area contributed by atoms with Crippen LogP contribution in [0.15, 0.2) is 28.8 Å². The molecule has 1 saturated heterocycles. The predicted molar refractivity (Wildman–Crippen MR) is 78.8 cm³/mol. The molecule has 1 aliphatic rings. The molecular formula is C15H16ClN3O2. The summed E-state index contributed by atoms with van der Waals surface area (Å²) >= 11 is 5.86. The summed E-state index contributed by atoms with van der Waals surface area (Å²) in [5, 5.41) is 4.68. The van der Waals surface area contributed by atoms with E-state index in [4.69, 9.17) is 16.1 Å². The Hall–Kier alpha value is -1.72. The van der Waals surface area contributed by atoms with Gasteiger partial charge in [0.1, 0.15) is 6.29 Å². The Morgan fingerprint density at radius 2 is 2.19 bits per heavy atom. The van der Waals surface area contributed by atoms with Crippen molar-refractivity contribution in [3.05, 3.63) is 35.1 Å². The average molecular weight is 306 g/mol. The number of nitrogens with zero attached hydrogens (tertiary/aromatic N) is 3. The molecule has 2 heterocycles. The van der Waals surface area contributed by atoms with Crippen molar-refractivity contribution >= 4 is 17.9 Å². The third kappa shape index (κ3) is 3.49. The zero-order valence-electron chi connectivity index (χ0n) is 11.5. The van der Waals surface area contributed by atoms with Gasteiger partial charge in [0, 0.05) is 23.0 Å². The zero-order valence-corrected chi connectivity index (χ0v) is 12.3. The van der Waals surface area contributed by atoms with E-state index >= 15 is 0 Å². The second kappa shape index (κ2) is 6.37. The number of carbonyl (C=O) groups excluding carboxylic acids is 1. The molecule has 1 aliphatic heterocycles. The van der Waals surface area contributed by atoms with Gasteiger partial charge in [-0.3, -0.25) is 4.90 Å². The lowest BCUT2D eigenvalue weighted by Gasteiger charge is -2.28. The van der Waals surface area contributed by atoms with Crippen molar-refractivity contribution in [3.63, 3.8) is 0 Å². The van der Waals surface area contributed by atoms with Crippen LogP contribution < -0.4 is 0 Å². The number of hydrogen-bond acceptors (Lipinski definition) is 5. The Kier molecular flexibility index (Phi) is 4.31. The SMILES string of the molecule is O=CC1CCCN(Cc2noc(-c3ccc(Cl)cc3)n2)C1. The third-order valence-corrected chi connectivity index (χ3v) is 3.91. The zero-order chi connectivity index (χ0) is 14.7. The first-order valence-corrected chi connectivity index (χ1v) is 7.38. The molecule has 0 spiro atoms. The molecule has 0 radical (unpaired) electrons. The van der Waals surface area contributed by atoms with Gasteiger partial charge in [-0.05, 0) is 43.7 Å². The van der Waals surface area contributed by atoms with Gasteiger partial charge in [-0.2, -0.15) is 4.98 Å². The van der Waals surface area contributed by atoms with Gasteiger partial charge >= 0.3 is 0 Å². The number of rotatable bonds is 4. The summed E-state index contributed by atoms with van der Waals surface area (Å²) in [5.74, 6) is 1.26. The van der Waals surface area contributed by atoms with Gasteiger partial charge in [0.2, 0.25) is 0 Å². The molecule has 1 fully saturated rings. The summed E-state index contributed by atoms with van der Waals surface area (Å²) in [4.78, 5) is 17.5. The first-order chi connectivity index (χ1) is 10.2. The Morgan fingerprint density at radius 3 is 2.95 bits per heavy atom. The topological polar surface area (TPSA) is 59.2 Å². The van der Waals surface area contributed by atoms with E-state index in [0.29, 0.717) is 23.3 Å². The van der Waals surface area contributed by atoms with Crippen LogP contribution in [0.3, 0.4) is 0 Å². The van der Waals surface area contributed by atoms with Gasteiger partial charge in [-0.15, -0.1) is 0 Å². The lowest BCUT2D eigenvalue weighted by molar-refractivity contribution is -0.112. The summed E-state index contributed by atoms with van der Waals surface area (Å²) in [7, 11) is 0. The molecular weight excluding hydrogens is 290 g/mol. The van der Waals surface area contributed by atoms with Crippen LogP contribution in [0.25, 0.3) is 11.5 Å². The molecule has 2 aromatic rings. The largest absolute Gasteiger partial charge is 0.334 e.